The lowest BCUT2D eigenvalue weighted by atomic mass is 10.1. The van der Waals surface area contributed by atoms with Crippen LogP contribution in [0.3, 0.4) is 0 Å². The van der Waals surface area contributed by atoms with E-state index in [2.05, 4.69) is 4.74 Å². The van der Waals surface area contributed by atoms with Crippen LogP contribution in [0.2, 0.25) is 0 Å². The molecule has 0 spiro atoms. The van der Waals surface area contributed by atoms with Crippen LogP contribution in [-0.4, -0.2) is 48.9 Å². The Labute approximate surface area is 132 Å². The van der Waals surface area contributed by atoms with E-state index in [9.17, 15) is 18.0 Å². The number of carbonyl (C=O) groups excluding carboxylic acids is 1. The van der Waals surface area contributed by atoms with Gasteiger partial charge in [-0.15, -0.1) is 0 Å². The minimum atomic E-state index is -4.36. The number of nitrogens with two attached hydrogens (primary N) is 1. The highest BCUT2D eigenvalue weighted by molar-refractivity contribution is 5.80. The molecule has 23 heavy (non-hydrogen) atoms. The first-order valence-electron chi connectivity index (χ1n) is 7.20. The first-order chi connectivity index (χ1) is 10.8. The maximum Gasteiger partial charge on any atom is 0.422 e. The second kappa shape index (κ2) is 7.18. The number of halogens is 3. The Balaban J connectivity index is 1.98. The van der Waals surface area contributed by atoms with Crippen LogP contribution in [-0.2, 0) is 16.1 Å². The molecule has 1 fully saturated rings. The van der Waals surface area contributed by atoms with Crippen molar-refractivity contribution in [1.82, 2.24) is 4.90 Å². The van der Waals surface area contributed by atoms with Gasteiger partial charge < -0.3 is 15.2 Å². The molecule has 0 aromatic heterocycles. The molecule has 0 radical (unpaired) electrons. The number of ether oxygens (including phenoxy) is 2. The van der Waals surface area contributed by atoms with Crippen molar-refractivity contribution in [1.29, 1.82) is 0 Å². The van der Waals surface area contributed by atoms with Crippen LogP contribution in [0.15, 0.2) is 24.3 Å². The van der Waals surface area contributed by atoms with Crippen molar-refractivity contribution in [3.8, 4) is 5.75 Å². The predicted octanol–water partition coefficient (Wildman–Crippen LogP) is 1.70. The third-order valence-corrected chi connectivity index (χ3v) is 3.60. The van der Waals surface area contributed by atoms with E-state index in [1.165, 1.54) is 12.1 Å². The highest BCUT2D eigenvalue weighted by Gasteiger charge is 2.33. The van der Waals surface area contributed by atoms with Gasteiger partial charge in [0.15, 0.2) is 6.61 Å². The van der Waals surface area contributed by atoms with Gasteiger partial charge in [0.2, 0.25) is 5.91 Å². The molecule has 2 N–H and O–H groups in total. The predicted molar refractivity (Wildman–Crippen MR) is 76.8 cm³/mol. The SMILES string of the molecule is C[C@H]1OCCN(Cc2ccc(OCC(F)(F)F)cc2)[C@@H]1C(N)=O. The van der Waals surface area contributed by atoms with Gasteiger partial charge in [-0.25, -0.2) is 0 Å². The third kappa shape index (κ3) is 5.11. The molecular weight excluding hydrogens is 313 g/mol. The van der Waals surface area contributed by atoms with Crippen LogP contribution in [0.4, 0.5) is 13.2 Å². The number of carbonyl (C=O) groups is 1. The molecule has 2 atom stereocenters. The van der Waals surface area contributed by atoms with Gasteiger partial charge in [0, 0.05) is 13.1 Å². The highest BCUT2D eigenvalue weighted by Crippen LogP contribution is 2.21. The van der Waals surface area contributed by atoms with Crippen LogP contribution in [0.25, 0.3) is 0 Å². The quantitative estimate of drug-likeness (QED) is 0.891. The van der Waals surface area contributed by atoms with Crippen LogP contribution in [0.1, 0.15) is 12.5 Å². The van der Waals surface area contributed by atoms with E-state index >= 15 is 0 Å². The molecule has 1 amide bonds. The number of amides is 1. The molecule has 8 heteroatoms. The van der Waals surface area contributed by atoms with E-state index in [1.54, 1.807) is 19.1 Å². The van der Waals surface area contributed by atoms with Gasteiger partial charge in [-0.2, -0.15) is 13.2 Å². The Morgan fingerprint density at radius 3 is 2.61 bits per heavy atom. The zero-order chi connectivity index (χ0) is 17.0. The molecule has 1 saturated heterocycles. The summed E-state index contributed by atoms with van der Waals surface area (Å²) in [7, 11) is 0. The molecular formula is C15H19F3N2O3. The van der Waals surface area contributed by atoms with E-state index in [-0.39, 0.29) is 11.9 Å². The van der Waals surface area contributed by atoms with Gasteiger partial charge in [-0.1, -0.05) is 12.1 Å². The summed E-state index contributed by atoms with van der Waals surface area (Å²) in [5.41, 5.74) is 6.27. The van der Waals surface area contributed by atoms with Crippen LogP contribution < -0.4 is 10.5 Å². The zero-order valence-corrected chi connectivity index (χ0v) is 12.7. The van der Waals surface area contributed by atoms with Crippen molar-refractivity contribution in [2.75, 3.05) is 19.8 Å². The number of benzene rings is 1. The molecule has 1 aromatic rings. The second-order valence-corrected chi connectivity index (χ2v) is 5.44. The smallest absolute Gasteiger partial charge is 0.422 e. The van der Waals surface area contributed by atoms with Crippen LogP contribution in [0.5, 0.6) is 5.75 Å². The number of nitrogens with zero attached hydrogens (tertiary/aromatic N) is 1. The van der Waals surface area contributed by atoms with Gasteiger partial charge in [0.05, 0.1) is 12.7 Å². The molecule has 0 saturated carbocycles. The summed E-state index contributed by atoms with van der Waals surface area (Å²) in [6.07, 6.45) is -4.66. The average Bonchev–Trinajstić information content (AvgIpc) is 2.45. The molecule has 128 valence electrons. The van der Waals surface area contributed by atoms with E-state index in [0.717, 1.165) is 5.56 Å². The topological polar surface area (TPSA) is 64.8 Å². The number of alkyl halides is 3. The molecule has 0 aliphatic carbocycles. The number of primary amides is 1. The fraction of sp³-hybridized carbons (Fsp3) is 0.533. The van der Waals surface area contributed by atoms with Crippen molar-refractivity contribution in [2.45, 2.75) is 31.8 Å². The number of hydrogen-bond donors (Lipinski definition) is 1. The molecule has 2 rings (SSSR count). The van der Waals surface area contributed by atoms with Gasteiger partial charge in [-0.3, -0.25) is 9.69 Å². The van der Waals surface area contributed by atoms with Gasteiger partial charge in [-0.05, 0) is 24.6 Å². The Morgan fingerprint density at radius 1 is 1.39 bits per heavy atom. The van der Waals surface area contributed by atoms with Crippen molar-refractivity contribution in [3.63, 3.8) is 0 Å². The maximum atomic E-state index is 12.1. The summed E-state index contributed by atoms with van der Waals surface area (Å²) in [4.78, 5) is 13.5. The summed E-state index contributed by atoms with van der Waals surface area (Å²) in [5, 5.41) is 0. The van der Waals surface area contributed by atoms with Crippen LogP contribution >= 0.6 is 0 Å². The average molecular weight is 332 g/mol. The normalized spacial score (nSPS) is 22.8. The summed E-state index contributed by atoms with van der Waals surface area (Å²) >= 11 is 0. The van der Waals surface area contributed by atoms with Crippen molar-refractivity contribution < 1.29 is 27.4 Å². The number of rotatable bonds is 5. The van der Waals surface area contributed by atoms with Gasteiger partial charge >= 0.3 is 6.18 Å². The molecule has 0 unspecified atom stereocenters. The highest BCUT2D eigenvalue weighted by atomic mass is 19.4. The standard InChI is InChI=1S/C15H19F3N2O3/c1-10-13(14(19)21)20(6-7-22-10)8-11-2-4-12(5-3-11)23-9-15(16,17)18/h2-5,10,13H,6-9H2,1H3,(H2,19,21)/t10-,13+/m1/s1. The van der Waals surface area contributed by atoms with Crippen molar-refractivity contribution in [3.05, 3.63) is 29.8 Å². The summed E-state index contributed by atoms with van der Waals surface area (Å²) in [6.45, 7) is 1.98. The Kier molecular flexibility index (Phi) is 5.48. The monoisotopic (exact) mass is 332 g/mol. The summed E-state index contributed by atoms with van der Waals surface area (Å²) in [6, 6.07) is 5.77. The first-order valence-corrected chi connectivity index (χ1v) is 7.20. The van der Waals surface area contributed by atoms with Crippen molar-refractivity contribution in [2.24, 2.45) is 5.73 Å². The lowest BCUT2D eigenvalue weighted by molar-refractivity contribution is -0.153. The second-order valence-electron chi connectivity index (χ2n) is 5.44. The fourth-order valence-electron chi connectivity index (χ4n) is 2.56. The number of hydrogen-bond acceptors (Lipinski definition) is 4. The third-order valence-electron chi connectivity index (χ3n) is 3.60. The molecule has 5 nitrogen and oxygen atoms in total. The van der Waals surface area contributed by atoms with Gasteiger partial charge in [0.1, 0.15) is 11.8 Å². The largest absolute Gasteiger partial charge is 0.484 e. The lowest BCUT2D eigenvalue weighted by Gasteiger charge is -2.37. The van der Waals surface area contributed by atoms with E-state index in [0.29, 0.717) is 19.7 Å². The minimum absolute atomic E-state index is 0.146. The summed E-state index contributed by atoms with van der Waals surface area (Å²) in [5.74, 6) is -0.310. The first kappa shape index (κ1) is 17.6. The maximum absolute atomic E-state index is 12.1. The minimum Gasteiger partial charge on any atom is -0.484 e. The summed E-state index contributed by atoms with van der Waals surface area (Å²) < 4.78 is 46.4. The number of morpholine rings is 1. The Morgan fingerprint density at radius 2 is 2.04 bits per heavy atom. The molecule has 1 aliphatic heterocycles. The fourth-order valence-corrected chi connectivity index (χ4v) is 2.56. The van der Waals surface area contributed by atoms with Gasteiger partial charge in [0.25, 0.3) is 0 Å². The Bertz CT molecular complexity index is 534. The zero-order valence-electron chi connectivity index (χ0n) is 12.7. The van der Waals surface area contributed by atoms with Crippen molar-refractivity contribution >= 4 is 5.91 Å². The lowest BCUT2D eigenvalue weighted by Crippen LogP contribution is -2.56. The molecule has 0 bridgehead atoms. The molecule has 1 aliphatic rings. The Hall–Kier alpha value is -1.80. The molecule has 1 heterocycles. The van der Waals surface area contributed by atoms with E-state index in [4.69, 9.17) is 10.5 Å². The van der Waals surface area contributed by atoms with Crippen LogP contribution in [0, 0.1) is 0 Å². The van der Waals surface area contributed by atoms with E-state index in [1.807, 2.05) is 4.90 Å². The van der Waals surface area contributed by atoms with E-state index < -0.39 is 24.7 Å². The molecule has 1 aromatic carbocycles.